The first-order valence-electron chi connectivity index (χ1n) is 4.35. The van der Waals surface area contributed by atoms with E-state index >= 15 is 0 Å². The van der Waals surface area contributed by atoms with Crippen LogP contribution in [0.15, 0.2) is 12.5 Å². The summed E-state index contributed by atoms with van der Waals surface area (Å²) in [7, 11) is 0. The van der Waals surface area contributed by atoms with E-state index in [1.807, 2.05) is 6.20 Å². The molecule has 0 saturated carbocycles. The molecule has 1 atom stereocenters. The lowest BCUT2D eigenvalue weighted by Crippen LogP contribution is -2.10. The van der Waals surface area contributed by atoms with Gasteiger partial charge in [0.2, 0.25) is 0 Å². The van der Waals surface area contributed by atoms with Crippen LogP contribution in [0.5, 0.6) is 0 Å². The Hall–Kier alpha value is -0.960. The standard InChI is InChI=1S/C9H13N3/c1-7-4-11-6-12-9(7)8-2-3-10-5-8/h4,6,8,10H,2-3,5H2,1H3. The summed E-state index contributed by atoms with van der Waals surface area (Å²) in [6.45, 7) is 4.26. The van der Waals surface area contributed by atoms with Crippen LogP contribution < -0.4 is 5.32 Å². The van der Waals surface area contributed by atoms with Gasteiger partial charge in [-0.05, 0) is 25.5 Å². The molecule has 1 aromatic heterocycles. The van der Waals surface area contributed by atoms with Gasteiger partial charge in [-0.2, -0.15) is 0 Å². The Kier molecular flexibility index (Phi) is 2.04. The van der Waals surface area contributed by atoms with Crippen molar-refractivity contribution in [3.8, 4) is 0 Å². The van der Waals surface area contributed by atoms with Crippen molar-refractivity contribution >= 4 is 0 Å². The summed E-state index contributed by atoms with van der Waals surface area (Å²) in [5.74, 6) is 0.605. The third-order valence-electron chi connectivity index (χ3n) is 2.38. The van der Waals surface area contributed by atoms with Gasteiger partial charge in [0.25, 0.3) is 0 Å². The van der Waals surface area contributed by atoms with Crippen LogP contribution in [0.3, 0.4) is 0 Å². The van der Waals surface area contributed by atoms with Gasteiger partial charge in [0.1, 0.15) is 6.33 Å². The summed E-state index contributed by atoms with van der Waals surface area (Å²) < 4.78 is 0. The molecule has 1 aliphatic rings. The maximum absolute atomic E-state index is 4.31. The van der Waals surface area contributed by atoms with Gasteiger partial charge in [-0.3, -0.25) is 0 Å². The van der Waals surface area contributed by atoms with Crippen molar-refractivity contribution < 1.29 is 0 Å². The monoisotopic (exact) mass is 163 g/mol. The van der Waals surface area contributed by atoms with Crippen molar-refractivity contribution in [2.45, 2.75) is 19.3 Å². The number of hydrogen-bond acceptors (Lipinski definition) is 3. The predicted octanol–water partition coefficient (Wildman–Crippen LogP) is 0.862. The summed E-state index contributed by atoms with van der Waals surface area (Å²) in [6.07, 6.45) is 4.74. The molecule has 0 bridgehead atoms. The molecule has 1 unspecified atom stereocenters. The van der Waals surface area contributed by atoms with E-state index in [9.17, 15) is 0 Å². The van der Waals surface area contributed by atoms with Gasteiger partial charge in [-0.15, -0.1) is 0 Å². The van der Waals surface area contributed by atoms with Crippen LogP contribution in [0.1, 0.15) is 23.6 Å². The summed E-state index contributed by atoms with van der Waals surface area (Å²) in [6, 6.07) is 0. The first-order chi connectivity index (χ1) is 5.88. The van der Waals surface area contributed by atoms with Crippen molar-refractivity contribution in [2.24, 2.45) is 0 Å². The molecule has 0 amide bonds. The van der Waals surface area contributed by atoms with Crippen LogP contribution in [0, 0.1) is 6.92 Å². The molecule has 0 radical (unpaired) electrons. The molecule has 3 heteroatoms. The fourth-order valence-electron chi connectivity index (χ4n) is 1.72. The third-order valence-corrected chi connectivity index (χ3v) is 2.38. The first kappa shape index (κ1) is 7.68. The van der Waals surface area contributed by atoms with E-state index in [-0.39, 0.29) is 0 Å². The molecule has 1 saturated heterocycles. The first-order valence-corrected chi connectivity index (χ1v) is 4.35. The van der Waals surface area contributed by atoms with Crippen LogP contribution in [0.25, 0.3) is 0 Å². The molecule has 1 N–H and O–H groups in total. The molecule has 0 spiro atoms. The average Bonchev–Trinajstić information content (AvgIpc) is 2.57. The van der Waals surface area contributed by atoms with Crippen LogP contribution in [-0.2, 0) is 0 Å². The van der Waals surface area contributed by atoms with E-state index in [1.54, 1.807) is 6.33 Å². The zero-order chi connectivity index (χ0) is 8.39. The Labute approximate surface area is 72.2 Å². The number of aryl methyl sites for hydroxylation is 1. The molecule has 0 aromatic carbocycles. The molecule has 1 fully saturated rings. The van der Waals surface area contributed by atoms with Crippen LogP contribution >= 0.6 is 0 Å². The molecule has 2 heterocycles. The largest absolute Gasteiger partial charge is 0.316 e. The quantitative estimate of drug-likeness (QED) is 0.667. The molecule has 3 nitrogen and oxygen atoms in total. The number of aromatic nitrogens is 2. The molecule has 0 aliphatic carbocycles. The molecular formula is C9H13N3. The number of nitrogens with one attached hydrogen (secondary N) is 1. The lowest BCUT2D eigenvalue weighted by Gasteiger charge is -2.08. The third kappa shape index (κ3) is 1.32. The smallest absolute Gasteiger partial charge is 0.115 e. The van der Waals surface area contributed by atoms with Crippen molar-refractivity contribution in [3.05, 3.63) is 23.8 Å². The van der Waals surface area contributed by atoms with Gasteiger partial charge in [0.15, 0.2) is 0 Å². The van der Waals surface area contributed by atoms with Gasteiger partial charge >= 0.3 is 0 Å². The highest BCUT2D eigenvalue weighted by Crippen LogP contribution is 2.21. The second-order valence-electron chi connectivity index (χ2n) is 3.28. The highest BCUT2D eigenvalue weighted by atomic mass is 14.9. The number of rotatable bonds is 1. The summed E-state index contributed by atoms with van der Waals surface area (Å²) in [5, 5.41) is 3.34. The van der Waals surface area contributed by atoms with Crippen molar-refractivity contribution in [2.75, 3.05) is 13.1 Å². The van der Waals surface area contributed by atoms with Crippen molar-refractivity contribution in [1.29, 1.82) is 0 Å². The van der Waals surface area contributed by atoms with Gasteiger partial charge in [-0.1, -0.05) is 0 Å². The zero-order valence-electron chi connectivity index (χ0n) is 7.25. The Morgan fingerprint density at radius 3 is 3.17 bits per heavy atom. The van der Waals surface area contributed by atoms with Crippen LogP contribution in [0.4, 0.5) is 0 Å². The van der Waals surface area contributed by atoms with Gasteiger partial charge < -0.3 is 5.32 Å². The lowest BCUT2D eigenvalue weighted by molar-refractivity contribution is 0.722. The van der Waals surface area contributed by atoms with Gasteiger partial charge in [0.05, 0.1) is 5.69 Å². The minimum Gasteiger partial charge on any atom is -0.316 e. The van der Waals surface area contributed by atoms with Crippen LogP contribution in [0.2, 0.25) is 0 Å². The molecule has 12 heavy (non-hydrogen) atoms. The zero-order valence-corrected chi connectivity index (χ0v) is 7.25. The Morgan fingerprint density at radius 1 is 1.58 bits per heavy atom. The van der Waals surface area contributed by atoms with E-state index in [2.05, 4.69) is 22.2 Å². The van der Waals surface area contributed by atoms with E-state index in [4.69, 9.17) is 0 Å². The minimum atomic E-state index is 0.605. The van der Waals surface area contributed by atoms with Crippen molar-refractivity contribution in [1.82, 2.24) is 15.3 Å². The second kappa shape index (κ2) is 3.19. The fourth-order valence-corrected chi connectivity index (χ4v) is 1.72. The van der Waals surface area contributed by atoms with E-state index in [0.717, 1.165) is 13.1 Å². The molecule has 2 rings (SSSR count). The molecule has 1 aliphatic heterocycles. The van der Waals surface area contributed by atoms with E-state index < -0.39 is 0 Å². The van der Waals surface area contributed by atoms with Crippen LogP contribution in [-0.4, -0.2) is 23.1 Å². The van der Waals surface area contributed by atoms with Crippen molar-refractivity contribution in [3.63, 3.8) is 0 Å². The fraction of sp³-hybridized carbons (Fsp3) is 0.556. The number of nitrogens with zero attached hydrogens (tertiary/aromatic N) is 2. The van der Waals surface area contributed by atoms with Gasteiger partial charge in [0, 0.05) is 18.7 Å². The maximum atomic E-state index is 4.31. The number of hydrogen-bond donors (Lipinski definition) is 1. The summed E-state index contributed by atoms with van der Waals surface area (Å²) >= 11 is 0. The van der Waals surface area contributed by atoms with Gasteiger partial charge in [-0.25, -0.2) is 9.97 Å². The highest BCUT2D eigenvalue weighted by Gasteiger charge is 2.19. The summed E-state index contributed by atoms with van der Waals surface area (Å²) in [5.41, 5.74) is 2.43. The summed E-state index contributed by atoms with van der Waals surface area (Å²) in [4.78, 5) is 8.29. The second-order valence-corrected chi connectivity index (χ2v) is 3.28. The Morgan fingerprint density at radius 2 is 2.50 bits per heavy atom. The minimum absolute atomic E-state index is 0.605. The lowest BCUT2D eigenvalue weighted by atomic mass is 10.0. The predicted molar refractivity (Wildman–Crippen MR) is 47.0 cm³/mol. The maximum Gasteiger partial charge on any atom is 0.115 e. The van der Waals surface area contributed by atoms with E-state index in [0.29, 0.717) is 5.92 Å². The average molecular weight is 163 g/mol. The molecule has 64 valence electrons. The Bertz CT molecular complexity index is 266. The molecular weight excluding hydrogens is 150 g/mol. The van der Waals surface area contributed by atoms with E-state index in [1.165, 1.54) is 17.7 Å². The SMILES string of the molecule is Cc1cncnc1C1CCNC1. The Balaban J connectivity index is 2.26. The normalized spacial score (nSPS) is 22.9. The highest BCUT2D eigenvalue weighted by molar-refractivity contribution is 5.19. The topological polar surface area (TPSA) is 37.8 Å². The molecule has 1 aromatic rings.